The van der Waals surface area contributed by atoms with Crippen LogP contribution in [0, 0.1) is 6.92 Å². The molecular weight excluding hydrogens is 288 g/mol. The smallest absolute Gasteiger partial charge is 0.244 e. The molecular formula is C19H24N2O2. The summed E-state index contributed by atoms with van der Waals surface area (Å²) in [4.78, 5) is 12.4. The van der Waals surface area contributed by atoms with Crippen LogP contribution in [0.25, 0.3) is 0 Å². The van der Waals surface area contributed by atoms with Gasteiger partial charge in [-0.3, -0.25) is 4.79 Å². The molecule has 0 aliphatic carbocycles. The second kappa shape index (κ2) is 7.29. The summed E-state index contributed by atoms with van der Waals surface area (Å²) in [6, 6.07) is 15.5. The third-order valence-corrected chi connectivity index (χ3v) is 4.02. The first-order valence-electron chi connectivity index (χ1n) is 7.71. The van der Waals surface area contributed by atoms with E-state index in [2.05, 4.69) is 5.32 Å². The molecule has 0 fully saturated rings. The lowest BCUT2D eigenvalue weighted by Gasteiger charge is -2.24. The fourth-order valence-corrected chi connectivity index (χ4v) is 2.44. The monoisotopic (exact) mass is 312 g/mol. The zero-order valence-corrected chi connectivity index (χ0v) is 13.9. The van der Waals surface area contributed by atoms with E-state index in [0.717, 1.165) is 28.9 Å². The van der Waals surface area contributed by atoms with Gasteiger partial charge in [-0.1, -0.05) is 42.5 Å². The van der Waals surface area contributed by atoms with Gasteiger partial charge < -0.3 is 15.8 Å². The first-order valence-corrected chi connectivity index (χ1v) is 7.71. The van der Waals surface area contributed by atoms with E-state index in [0.29, 0.717) is 6.54 Å². The molecule has 2 aromatic rings. The van der Waals surface area contributed by atoms with E-state index in [9.17, 15) is 4.79 Å². The summed E-state index contributed by atoms with van der Waals surface area (Å²) in [5.41, 5.74) is 8.17. The number of rotatable bonds is 6. The molecule has 4 nitrogen and oxygen atoms in total. The molecule has 1 atom stereocenters. The highest BCUT2D eigenvalue weighted by Crippen LogP contribution is 2.20. The number of carbonyl (C=O) groups excluding carboxylic acids is 1. The van der Waals surface area contributed by atoms with Gasteiger partial charge in [0, 0.05) is 6.54 Å². The van der Waals surface area contributed by atoms with E-state index in [1.54, 1.807) is 14.0 Å². The van der Waals surface area contributed by atoms with Crippen LogP contribution < -0.4 is 15.8 Å². The minimum Gasteiger partial charge on any atom is -0.496 e. The largest absolute Gasteiger partial charge is 0.496 e. The zero-order chi connectivity index (χ0) is 16.9. The SMILES string of the molecule is COc1cc(CCNC(=O)C(C)(N)c2ccccc2)ccc1C. The van der Waals surface area contributed by atoms with Gasteiger partial charge >= 0.3 is 0 Å². The van der Waals surface area contributed by atoms with E-state index >= 15 is 0 Å². The number of hydrogen-bond acceptors (Lipinski definition) is 3. The van der Waals surface area contributed by atoms with Crippen molar-refractivity contribution < 1.29 is 9.53 Å². The first-order chi connectivity index (χ1) is 10.9. The molecule has 2 rings (SSSR count). The molecule has 2 aromatic carbocycles. The van der Waals surface area contributed by atoms with E-state index in [1.165, 1.54) is 0 Å². The van der Waals surface area contributed by atoms with Crippen molar-refractivity contribution in [3.63, 3.8) is 0 Å². The Morgan fingerprint density at radius 2 is 1.91 bits per heavy atom. The number of amides is 1. The van der Waals surface area contributed by atoms with Crippen LogP contribution in [0.15, 0.2) is 48.5 Å². The summed E-state index contributed by atoms with van der Waals surface area (Å²) >= 11 is 0. The van der Waals surface area contributed by atoms with E-state index in [-0.39, 0.29) is 5.91 Å². The van der Waals surface area contributed by atoms with Gasteiger partial charge in [0.15, 0.2) is 0 Å². The molecule has 0 saturated heterocycles. The standard InChI is InChI=1S/C19H24N2O2/c1-14-9-10-15(13-17(14)23-3)11-12-21-18(22)19(2,20)16-7-5-4-6-8-16/h4-10,13H,11-12,20H2,1-3H3,(H,21,22). The Morgan fingerprint density at radius 3 is 2.57 bits per heavy atom. The Hall–Kier alpha value is -2.33. The van der Waals surface area contributed by atoms with Crippen molar-refractivity contribution in [3.8, 4) is 5.75 Å². The Bertz CT molecular complexity index is 666. The molecule has 3 N–H and O–H groups in total. The van der Waals surface area contributed by atoms with Crippen LogP contribution in [0.4, 0.5) is 0 Å². The molecule has 122 valence electrons. The lowest BCUT2D eigenvalue weighted by atomic mass is 9.92. The van der Waals surface area contributed by atoms with Crippen LogP contribution in [0.2, 0.25) is 0 Å². The number of nitrogens with two attached hydrogens (primary N) is 1. The van der Waals surface area contributed by atoms with Gasteiger partial charge in [0.05, 0.1) is 7.11 Å². The minimum absolute atomic E-state index is 0.178. The minimum atomic E-state index is -1.04. The quantitative estimate of drug-likeness (QED) is 0.861. The molecule has 0 aromatic heterocycles. The number of methoxy groups -OCH3 is 1. The van der Waals surface area contributed by atoms with E-state index in [1.807, 2.05) is 55.5 Å². The topological polar surface area (TPSA) is 64.3 Å². The fourth-order valence-electron chi connectivity index (χ4n) is 2.44. The van der Waals surface area contributed by atoms with Crippen LogP contribution in [0.3, 0.4) is 0 Å². The van der Waals surface area contributed by atoms with Crippen molar-refractivity contribution in [1.82, 2.24) is 5.32 Å². The lowest BCUT2D eigenvalue weighted by molar-refractivity contribution is -0.126. The maximum Gasteiger partial charge on any atom is 0.244 e. The summed E-state index contributed by atoms with van der Waals surface area (Å²) in [7, 11) is 1.66. The van der Waals surface area contributed by atoms with E-state index in [4.69, 9.17) is 10.5 Å². The molecule has 1 unspecified atom stereocenters. The molecule has 0 saturated carbocycles. The molecule has 0 aliphatic heterocycles. The summed E-state index contributed by atoms with van der Waals surface area (Å²) < 4.78 is 5.32. The Balaban J connectivity index is 1.94. The van der Waals surface area contributed by atoms with Gasteiger partial charge in [0.25, 0.3) is 0 Å². The molecule has 0 heterocycles. The highest BCUT2D eigenvalue weighted by atomic mass is 16.5. The third-order valence-electron chi connectivity index (χ3n) is 4.02. The van der Waals surface area contributed by atoms with Crippen LogP contribution in [0.5, 0.6) is 5.75 Å². The Morgan fingerprint density at radius 1 is 1.22 bits per heavy atom. The summed E-state index contributed by atoms with van der Waals surface area (Å²) in [5, 5.41) is 2.92. The van der Waals surface area contributed by atoms with Gasteiger partial charge in [-0.25, -0.2) is 0 Å². The number of ether oxygens (including phenoxy) is 1. The molecule has 0 bridgehead atoms. The van der Waals surface area contributed by atoms with Crippen LogP contribution in [0.1, 0.15) is 23.6 Å². The number of aryl methyl sites for hydroxylation is 1. The third kappa shape index (κ3) is 4.11. The molecule has 1 amide bonds. The second-order valence-corrected chi connectivity index (χ2v) is 5.88. The average molecular weight is 312 g/mol. The van der Waals surface area contributed by atoms with Gasteiger partial charge in [-0.05, 0) is 43.0 Å². The van der Waals surface area contributed by atoms with Gasteiger partial charge in [-0.2, -0.15) is 0 Å². The highest BCUT2D eigenvalue weighted by molar-refractivity contribution is 5.86. The zero-order valence-electron chi connectivity index (χ0n) is 13.9. The Labute approximate surface area is 137 Å². The first kappa shape index (κ1) is 17.0. The van der Waals surface area contributed by atoms with Crippen molar-refractivity contribution in [3.05, 3.63) is 65.2 Å². The van der Waals surface area contributed by atoms with Crippen LogP contribution >= 0.6 is 0 Å². The summed E-state index contributed by atoms with van der Waals surface area (Å²) in [6.45, 7) is 4.27. The maximum atomic E-state index is 12.4. The number of benzene rings is 2. The van der Waals surface area contributed by atoms with Crippen molar-refractivity contribution in [1.29, 1.82) is 0 Å². The normalized spacial score (nSPS) is 13.2. The summed E-state index contributed by atoms with van der Waals surface area (Å²) in [6.07, 6.45) is 0.729. The fraction of sp³-hybridized carbons (Fsp3) is 0.316. The van der Waals surface area contributed by atoms with Gasteiger partial charge in [0.2, 0.25) is 5.91 Å². The molecule has 4 heteroatoms. The van der Waals surface area contributed by atoms with Gasteiger partial charge in [0.1, 0.15) is 11.3 Å². The molecule has 0 spiro atoms. The van der Waals surface area contributed by atoms with Crippen LogP contribution in [-0.2, 0) is 16.8 Å². The number of carbonyl (C=O) groups is 1. The van der Waals surface area contributed by atoms with Gasteiger partial charge in [-0.15, -0.1) is 0 Å². The Kier molecular flexibility index (Phi) is 5.40. The number of nitrogens with one attached hydrogen (secondary N) is 1. The molecule has 23 heavy (non-hydrogen) atoms. The predicted molar refractivity (Wildman–Crippen MR) is 92.4 cm³/mol. The maximum absolute atomic E-state index is 12.4. The average Bonchev–Trinajstić information content (AvgIpc) is 2.57. The van der Waals surface area contributed by atoms with E-state index < -0.39 is 5.54 Å². The summed E-state index contributed by atoms with van der Waals surface area (Å²) in [5.74, 6) is 0.685. The van der Waals surface area contributed by atoms with Crippen molar-refractivity contribution in [2.24, 2.45) is 5.73 Å². The van der Waals surface area contributed by atoms with Crippen LogP contribution in [-0.4, -0.2) is 19.6 Å². The van der Waals surface area contributed by atoms with Crippen molar-refractivity contribution >= 4 is 5.91 Å². The lowest BCUT2D eigenvalue weighted by Crippen LogP contribution is -2.49. The van der Waals surface area contributed by atoms with Crippen molar-refractivity contribution in [2.75, 3.05) is 13.7 Å². The molecule has 0 aliphatic rings. The molecule has 0 radical (unpaired) electrons. The predicted octanol–water partition coefficient (Wildman–Crippen LogP) is 2.54. The number of hydrogen-bond donors (Lipinski definition) is 2. The second-order valence-electron chi connectivity index (χ2n) is 5.88. The van der Waals surface area contributed by atoms with Crippen molar-refractivity contribution in [2.45, 2.75) is 25.8 Å². The highest BCUT2D eigenvalue weighted by Gasteiger charge is 2.29.